The van der Waals surface area contributed by atoms with Gasteiger partial charge in [-0.25, -0.2) is 18.1 Å². The number of hydrogen-bond donors (Lipinski definition) is 2. The number of nitrogens with two attached hydrogens (primary N) is 1. The minimum absolute atomic E-state index is 0.00186. The lowest BCUT2D eigenvalue weighted by Crippen LogP contribution is -2.15. The van der Waals surface area contributed by atoms with E-state index in [2.05, 4.69) is 10.4 Å². The maximum Gasteiger partial charge on any atom is 0.256 e. The van der Waals surface area contributed by atoms with Crippen molar-refractivity contribution < 1.29 is 18.0 Å². The molecule has 1 atom stereocenters. The molecule has 0 radical (unpaired) electrons. The fraction of sp³-hybridized carbons (Fsp3) is 0.217. The maximum atomic E-state index is 13.4. The highest BCUT2D eigenvalue weighted by molar-refractivity contribution is 7.91. The number of nitrogens with zero attached hydrogens (tertiary/aromatic N) is 3. The number of thiophene rings is 1. The van der Waals surface area contributed by atoms with Crippen LogP contribution in [-0.2, 0) is 9.84 Å². The second-order valence-corrected chi connectivity index (χ2v) is 11.4. The second-order valence-electron chi connectivity index (χ2n) is 8.21. The van der Waals surface area contributed by atoms with Crippen molar-refractivity contribution in [1.82, 2.24) is 14.8 Å². The zero-order chi connectivity index (χ0) is 24.0. The van der Waals surface area contributed by atoms with E-state index in [4.69, 9.17) is 10.7 Å². The van der Waals surface area contributed by atoms with Crippen LogP contribution in [0.25, 0.3) is 21.6 Å². The van der Waals surface area contributed by atoms with Crippen LogP contribution in [0.5, 0.6) is 0 Å². The van der Waals surface area contributed by atoms with Crippen molar-refractivity contribution in [3.05, 3.63) is 64.7 Å². The normalized spacial score (nSPS) is 17.1. The standard InChI is InChI=1S/C23H21N5O4S2/c1-13-20-17(23(30)25-15-6-4-14(5-7-15)21(24)29)11-18(19-3-2-9-33-19)26-22(20)28(27-13)16-8-10-34(31,32)12-16/h2-7,9,11,16H,8,10,12H2,1H3,(H2,24,29)(H,25,30). The van der Waals surface area contributed by atoms with E-state index < -0.39 is 15.7 Å². The average molecular weight is 496 g/mol. The summed E-state index contributed by atoms with van der Waals surface area (Å²) in [5.74, 6) is -0.802. The minimum Gasteiger partial charge on any atom is -0.366 e. The van der Waals surface area contributed by atoms with Gasteiger partial charge >= 0.3 is 0 Å². The molecule has 2 amide bonds. The molecule has 0 spiro atoms. The van der Waals surface area contributed by atoms with Crippen LogP contribution >= 0.6 is 11.3 Å². The van der Waals surface area contributed by atoms with Crippen molar-refractivity contribution in [2.75, 3.05) is 16.8 Å². The first-order chi connectivity index (χ1) is 16.2. The van der Waals surface area contributed by atoms with Gasteiger partial charge in [0.05, 0.1) is 44.8 Å². The Hall–Kier alpha value is -3.57. The Balaban J connectivity index is 1.61. The molecular formula is C23H21N5O4S2. The lowest BCUT2D eigenvalue weighted by Gasteiger charge is -2.12. The molecule has 3 N–H and O–H groups in total. The third kappa shape index (κ3) is 4.08. The minimum atomic E-state index is -3.13. The van der Waals surface area contributed by atoms with Gasteiger partial charge in [0.1, 0.15) is 0 Å². The van der Waals surface area contributed by atoms with Crippen molar-refractivity contribution in [3.63, 3.8) is 0 Å². The van der Waals surface area contributed by atoms with Crippen LogP contribution in [0.1, 0.15) is 38.9 Å². The number of anilines is 1. The Morgan fingerprint density at radius 3 is 2.59 bits per heavy atom. The Bertz CT molecular complexity index is 1520. The Morgan fingerprint density at radius 2 is 1.97 bits per heavy atom. The van der Waals surface area contributed by atoms with Crippen LogP contribution in [0.2, 0.25) is 0 Å². The molecule has 1 aromatic carbocycles. The SMILES string of the molecule is Cc1nn(C2CCS(=O)(=O)C2)c2nc(-c3cccs3)cc(C(=O)Nc3ccc(C(N)=O)cc3)c12. The van der Waals surface area contributed by atoms with Gasteiger partial charge in [-0.1, -0.05) is 6.07 Å². The first kappa shape index (κ1) is 22.2. The van der Waals surface area contributed by atoms with Gasteiger partial charge in [-0.2, -0.15) is 5.10 Å². The number of sulfone groups is 1. The predicted molar refractivity (Wildman–Crippen MR) is 131 cm³/mol. The lowest BCUT2D eigenvalue weighted by atomic mass is 10.1. The van der Waals surface area contributed by atoms with Crippen molar-refractivity contribution >= 4 is 49.7 Å². The quantitative estimate of drug-likeness (QED) is 0.436. The molecule has 1 unspecified atom stereocenters. The van der Waals surface area contributed by atoms with Crippen LogP contribution in [0.3, 0.4) is 0 Å². The van der Waals surface area contributed by atoms with Crippen LogP contribution in [0, 0.1) is 6.92 Å². The number of aryl methyl sites for hydroxylation is 1. The summed E-state index contributed by atoms with van der Waals surface area (Å²) in [4.78, 5) is 30.4. The third-order valence-electron chi connectivity index (χ3n) is 5.84. The van der Waals surface area contributed by atoms with Crippen molar-refractivity contribution in [2.24, 2.45) is 5.73 Å². The first-order valence-electron chi connectivity index (χ1n) is 10.6. The second kappa shape index (κ2) is 8.33. The Kier molecular flexibility index (Phi) is 5.45. The van der Waals surface area contributed by atoms with E-state index in [0.29, 0.717) is 45.7 Å². The number of carbonyl (C=O) groups is 2. The van der Waals surface area contributed by atoms with Gasteiger partial charge in [-0.3, -0.25) is 9.59 Å². The molecular weight excluding hydrogens is 474 g/mol. The van der Waals surface area contributed by atoms with Gasteiger partial charge in [-0.15, -0.1) is 11.3 Å². The largest absolute Gasteiger partial charge is 0.366 e. The van der Waals surface area contributed by atoms with E-state index in [9.17, 15) is 18.0 Å². The highest BCUT2D eigenvalue weighted by Crippen LogP contribution is 2.33. The molecule has 1 aliphatic heterocycles. The zero-order valence-corrected chi connectivity index (χ0v) is 19.8. The van der Waals surface area contributed by atoms with Gasteiger partial charge in [0.25, 0.3) is 5.91 Å². The van der Waals surface area contributed by atoms with Crippen molar-refractivity contribution in [2.45, 2.75) is 19.4 Å². The molecule has 1 saturated heterocycles. The van der Waals surface area contributed by atoms with Crippen LogP contribution < -0.4 is 11.1 Å². The fourth-order valence-corrected chi connectivity index (χ4v) is 6.56. The number of fused-ring (bicyclic) bond motifs is 1. The molecule has 0 saturated carbocycles. The van der Waals surface area contributed by atoms with E-state index >= 15 is 0 Å². The number of hydrogen-bond acceptors (Lipinski definition) is 7. The molecule has 174 valence electrons. The van der Waals surface area contributed by atoms with Gasteiger partial charge < -0.3 is 11.1 Å². The van der Waals surface area contributed by atoms with E-state index in [-0.39, 0.29) is 23.5 Å². The summed E-state index contributed by atoms with van der Waals surface area (Å²) in [6.45, 7) is 1.78. The van der Waals surface area contributed by atoms with Crippen LogP contribution in [0.4, 0.5) is 5.69 Å². The smallest absolute Gasteiger partial charge is 0.256 e. The Morgan fingerprint density at radius 1 is 1.21 bits per heavy atom. The van der Waals surface area contributed by atoms with Gasteiger partial charge in [0.15, 0.2) is 15.5 Å². The molecule has 5 rings (SSSR count). The first-order valence-corrected chi connectivity index (χ1v) is 13.3. The lowest BCUT2D eigenvalue weighted by molar-refractivity contribution is 0.0998. The zero-order valence-electron chi connectivity index (χ0n) is 18.2. The van der Waals surface area contributed by atoms with Crippen molar-refractivity contribution in [1.29, 1.82) is 0 Å². The number of amides is 2. The molecule has 34 heavy (non-hydrogen) atoms. The Labute approximate surface area is 199 Å². The molecule has 1 aliphatic rings. The van der Waals surface area contributed by atoms with Crippen LogP contribution in [-0.4, -0.2) is 46.5 Å². The number of rotatable bonds is 5. The average Bonchev–Trinajstić information content (AvgIpc) is 3.53. The third-order valence-corrected chi connectivity index (χ3v) is 8.48. The molecule has 4 aromatic rings. The highest BCUT2D eigenvalue weighted by atomic mass is 32.2. The summed E-state index contributed by atoms with van der Waals surface area (Å²) in [7, 11) is -3.13. The van der Waals surface area contributed by atoms with E-state index in [1.807, 2.05) is 17.5 Å². The summed E-state index contributed by atoms with van der Waals surface area (Å²) in [6, 6.07) is 11.5. The number of carbonyl (C=O) groups excluding carboxylic acids is 2. The molecule has 1 fully saturated rings. The molecule has 9 nitrogen and oxygen atoms in total. The highest BCUT2D eigenvalue weighted by Gasteiger charge is 2.32. The van der Waals surface area contributed by atoms with Gasteiger partial charge in [-0.05, 0) is 55.1 Å². The molecule has 4 heterocycles. The number of benzene rings is 1. The molecule has 0 bridgehead atoms. The topological polar surface area (TPSA) is 137 Å². The number of aromatic nitrogens is 3. The molecule has 11 heteroatoms. The number of primary amides is 1. The van der Waals surface area contributed by atoms with E-state index in [1.165, 1.54) is 11.3 Å². The fourth-order valence-electron chi connectivity index (χ4n) is 4.18. The summed E-state index contributed by atoms with van der Waals surface area (Å²) in [5, 5.41) is 9.97. The number of pyridine rings is 1. The van der Waals surface area contributed by atoms with E-state index in [1.54, 1.807) is 41.9 Å². The molecule has 3 aromatic heterocycles. The summed E-state index contributed by atoms with van der Waals surface area (Å²) in [6.07, 6.45) is 0.456. The summed E-state index contributed by atoms with van der Waals surface area (Å²) >= 11 is 1.49. The van der Waals surface area contributed by atoms with Gasteiger partial charge in [0.2, 0.25) is 5.91 Å². The van der Waals surface area contributed by atoms with E-state index in [0.717, 1.165) is 4.88 Å². The molecule has 0 aliphatic carbocycles. The van der Waals surface area contributed by atoms with Gasteiger partial charge in [0, 0.05) is 11.3 Å². The number of nitrogens with one attached hydrogen (secondary N) is 1. The monoisotopic (exact) mass is 495 g/mol. The van der Waals surface area contributed by atoms with Crippen LogP contribution in [0.15, 0.2) is 47.8 Å². The maximum absolute atomic E-state index is 13.4. The predicted octanol–water partition coefficient (Wildman–Crippen LogP) is 3.18. The summed E-state index contributed by atoms with van der Waals surface area (Å²) in [5.41, 5.74) is 8.21. The van der Waals surface area contributed by atoms with Crippen molar-refractivity contribution in [3.8, 4) is 10.6 Å². The summed E-state index contributed by atoms with van der Waals surface area (Å²) < 4.78 is 25.9.